The summed E-state index contributed by atoms with van der Waals surface area (Å²) in [6.07, 6.45) is 0. The Kier molecular flexibility index (Phi) is 5.14. The average Bonchev–Trinajstić information content (AvgIpc) is 3.15. The van der Waals surface area contributed by atoms with Crippen LogP contribution in [-0.2, 0) is 4.79 Å². The van der Waals surface area contributed by atoms with Crippen LogP contribution in [0.15, 0.2) is 63.1 Å². The van der Waals surface area contributed by atoms with Gasteiger partial charge in [0.05, 0.1) is 5.69 Å². The third kappa shape index (κ3) is 4.35. The van der Waals surface area contributed by atoms with Crippen molar-refractivity contribution < 1.29 is 13.9 Å². The number of fused-ring (bicyclic) bond motifs is 1. The van der Waals surface area contributed by atoms with Gasteiger partial charge in [-0.2, -0.15) is 0 Å². The second-order valence-corrected chi connectivity index (χ2v) is 7.51. The molecular formula is C22H18N2O4S. The van der Waals surface area contributed by atoms with Gasteiger partial charge >= 0.3 is 5.63 Å². The molecule has 4 rings (SSSR count). The van der Waals surface area contributed by atoms with Gasteiger partial charge in [0.25, 0.3) is 5.91 Å². The summed E-state index contributed by atoms with van der Waals surface area (Å²) in [6, 6.07) is 14.6. The molecule has 0 aliphatic heterocycles. The number of anilines is 1. The van der Waals surface area contributed by atoms with Crippen LogP contribution in [0.4, 0.5) is 5.13 Å². The first-order valence-electron chi connectivity index (χ1n) is 8.98. The minimum Gasteiger partial charge on any atom is -0.484 e. The van der Waals surface area contributed by atoms with E-state index in [1.807, 2.05) is 43.5 Å². The smallest absolute Gasteiger partial charge is 0.336 e. The Morgan fingerprint density at radius 2 is 1.93 bits per heavy atom. The largest absolute Gasteiger partial charge is 0.484 e. The number of ether oxygens (including phenoxy) is 1. The molecule has 2 aromatic carbocycles. The molecule has 7 heteroatoms. The fourth-order valence-electron chi connectivity index (χ4n) is 2.89. The molecule has 0 fully saturated rings. The second-order valence-electron chi connectivity index (χ2n) is 6.65. The quantitative estimate of drug-likeness (QED) is 0.492. The Bertz CT molecular complexity index is 1240. The van der Waals surface area contributed by atoms with Crippen molar-refractivity contribution in [3.63, 3.8) is 0 Å². The van der Waals surface area contributed by atoms with E-state index in [1.165, 1.54) is 23.0 Å². The number of amides is 1. The molecule has 1 N–H and O–H groups in total. The van der Waals surface area contributed by atoms with E-state index in [9.17, 15) is 9.59 Å². The number of carbonyl (C=O) groups is 1. The highest BCUT2D eigenvalue weighted by Gasteiger charge is 2.10. The number of thiazole rings is 1. The molecule has 0 atom stereocenters. The first-order chi connectivity index (χ1) is 14.0. The van der Waals surface area contributed by atoms with Gasteiger partial charge in [0, 0.05) is 28.5 Å². The van der Waals surface area contributed by atoms with Gasteiger partial charge in [-0.15, -0.1) is 11.3 Å². The van der Waals surface area contributed by atoms with Crippen LogP contribution in [0.2, 0.25) is 0 Å². The van der Waals surface area contributed by atoms with Gasteiger partial charge in [-0.3, -0.25) is 10.1 Å². The minimum atomic E-state index is -0.418. The van der Waals surface area contributed by atoms with Crippen molar-refractivity contribution in [3.8, 4) is 17.0 Å². The van der Waals surface area contributed by atoms with E-state index >= 15 is 0 Å². The number of rotatable bonds is 5. The SMILES string of the molecule is Cc1ccc(-c2csc(NC(=O)COc3ccc4c(C)cc(=O)oc4c3)n2)cc1. The third-order valence-corrected chi connectivity index (χ3v) is 5.15. The summed E-state index contributed by atoms with van der Waals surface area (Å²) in [4.78, 5) is 28.2. The normalized spacial score (nSPS) is 10.8. The highest BCUT2D eigenvalue weighted by molar-refractivity contribution is 7.14. The number of nitrogens with one attached hydrogen (secondary N) is 1. The number of nitrogens with zero attached hydrogens (tertiary/aromatic N) is 1. The van der Waals surface area contributed by atoms with Crippen LogP contribution >= 0.6 is 11.3 Å². The van der Waals surface area contributed by atoms with Crippen molar-refractivity contribution in [1.82, 2.24) is 4.98 Å². The van der Waals surface area contributed by atoms with Crippen molar-refractivity contribution in [2.75, 3.05) is 11.9 Å². The predicted molar refractivity (Wildman–Crippen MR) is 114 cm³/mol. The molecule has 0 aliphatic carbocycles. The molecule has 146 valence electrons. The summed E-state index contributed by atoms with van der Waals surface area (Å²) in [6.45, 7) is 3.69. The highest BCUT2D eigenvalue weighted by atomic mass is 32.1. The van der Waals surface area contributed by atoms with Gasteiger partial charge in [-0.05, 0) is 31.5 Å². The zero-order chi connectivity index (χ0) is 20.4. The standard InChI is InChI=1S/C22H18N2O4S/c1-13-3-5-15(6-4-13)18-12-29-22(23-18)24-20(25)11-27-16-7-8-17-14(2)9-21(26)28-19(17)10-16/h3-10,12H,11H2,1-2H3,(H,23,24,25). The summed E-state index contributed by atoms with van der Waals surface area (Å²) in [5.74, 6) is 0.126. The molecule has 0 saturated heterocycles. The van der Waals surface area contributed by atoms with Gasteiger partial charge in [0.2, 0.25) is 0 Å². The van der Waals surface area contributed by atoms with Crippen molar-refractivity contribution >= 4 is 33.3 Å². The van der Waals surface area contributed by atoms with Crippen LogP contribution < -0.4 is 15.7 Å². The van der Waals surface area contributed by atoms with E-state index in [0.717, 1.165) is 22.2 Å². The Morgan fingerprint density at radius 1 is 1.14 bits per heavy atom. The van der Waals surface area contributed by atoms with E-state index in [0.29, 0.717) is 16.5 Å². The molecule has 0 radical (unpaired) electrons. The van der Waals surface area contributed by atoms with Gasteiger partial charge in [-0.1, -0.05) is 29.8 Å². The monoisotopic (exact) mass is 406 g/mol. The summed E-state index contributed by atoms with van der Waals surface area (Å²) in [5, 5.41) is 5.97. The van der Waals surface area contributed by atoms with Crippen molar-refractivity contribution in [2.45, 2.75) is 13.8 Å². The molecular weight excluding hydrogens is 388 g/mol. The summed E-state index contributed by atoms with van der Waals surface area (Å²) in [7, 11) is 0. The number of hydrogen-bond donors (Lipinski definition) is 1. The molecule has 0 unspecified atom stereocenters. The van der Waals surface area contributed by atoms with E-state index in [-0.39, 0.29) is 12.5 Å². The first-order valence-corrected chi connectivity index (χ1v) is 9.85. The van der Waals surface area contributed by atoms with Gasteiger partial charge in [-0.25, -0.2) is 9.78 Å². The third-order valence-electron chi connectivity index (χ3n) is 4.39. The van der Waals surface area contributed by atoms with Crippen molar-refractivity contribution in [2.24, 2.45) is 0 Å². The maximum Gasteiger partial charge on any atom is 0.336 e. The van der Waals surface area contributed by atoms with Gasteiger partial charge in [0.15, 0.2) is 11.7 Å². The Balaban J connectivity index is 1.40. The zero-order valence-electron chi connectivity index (χ0n) is 15.9. The lowest BCUT2D eigenvalue weighted by molar-refractivity contribution is -0.118. The topological polar surface area (TPSA) is 81.4 Å². The van der Waals surface area contributed by atoms with E-state index in [2.05, 4.69) is 10.3 Å². The molecule has 6 nitrogen and oxygen atoms in total. The molecule has 29 heavy (non-hydrogen) atoms. The maximum atomic E-state index is 12.2. The van der Waals surface area contributed by atoms with E-state index in [4.69, 9.17) is 9.15 Å². The van der Waals surface area contributed by atoms with Gasteiger partial charge < -0.3 is 9.15 Å². The number of aromatic nitrogens is 1. The highest BCUT2D eigenvalue weighted by Crippen LogP contribution is 2.25. The molecule has 4 aromatic rings. The van der Waals surface area contributed by atoms with Crippen LogP contribution in [0.25, 0.3) is 22.2 Å². The molecule has 0 aliphatic rings. The number of carbonyl (C=O) groups excluding carboxylic acids is 1. The van der Waals surface area contributed by atoms with Crippen LogP contribution in [0.3, 0.4) is 0 Å². The number of aryl methyl sites for hydroxylation is 2. The summed E-state index contributed by atoms with van der Waals surface area (Å²) < 4.78 is 10.7. The van der Waals surface area contributed by atoms with Crippen LogP contribution in [0, 0.1) is 13.8 Å². The summed E-state index contributed by atoms with van der Waals surface area (Å²) in [5.41, 5.74) is 3.82. The molecule has 0 saturated carbocycles. The fourth-order valence-corrected chi connectivity index (χ4v) is 3.62. The number of hydrogen-bond acceptors (Lipinski definition) is 6. The van der Waals surface area contributed by atoms with E-state index < -0.39 is 5.63 Å². The Labute approximate surface area is 170 Å². The van der Waals surface area contributed by atoms with Crippen molar-refractivity contribution in [3.05, 3.63) is 75.5 Å². The first kappa shape index (κ1) is 18.9. The second kappa shape index (κ2) is 7.89. The number of benzene rings is 2. The van der Waals surface area contributed by atoms with Crippen LogP contribution in [0.5, 0.6) is 5.75 Å². The van der Waals surface area contributed by atoms with Crippen LogP contribution in [-0.4, -0.2) is 17.5 Å². The van der Waals surface area contributed by atoms with Crippen molar-refractivity contribution in [1.29, 1.82) is 0 Å². The van der Waals surface area contributed by atoms with Crippen LogP contribution in [0.1, 0.15) is 11.1 Å². The fraction of sp³-hybridized carbons (Fsp3) is 0.136. The lowest BCUT2D eigenvalue weighted by Gasteiger charge is -2.07. The molecule has 2 heterocycles. The molecule has 1 amide bonds. The Hall–Kier alpha value is -3.45. The molecule has 0 bridgehead atoms. The average molecular weight is 406 g/mol. The molecule has 2 aromatic heterocycles. The zero-order valence-corrected chi connectivity index (χ0v) is 16.7. The Morgan fingerprint density at radius 3 is 2.72 bits per heavy atom. The summed E-state index contributed by atoms with van der Waals surface area (Å²) >= 11 is 1.36. The lowest BCUT2D eigenvalue weighted by Crippen LogP contribution is -2.20. The predicted octanol–water partition coefficient (Wildman–Crippen LogP) is 4.55. The lowest BCUT2D eigenvalue weighted by atomic mass is 10.1. The minimum absolute atomic E-state index is 0.180. The maximum absolute atomic E-state index is 12.2. The molecule has 0 spiro atoms. The van der Waals surface area contributed by atoms with Gasteiger partial charge in [0.1, 0.15) is 11.3 Å². The van der Waals surface area contributed by atoms with E-state index in [1.54, 1.807) is 18.2 Å².